The molecule has 1 saturated heterocycles. The highest BCUT2D eigenvalue weighted by Gasteiger charge is 2.66. The highest BCUT2D eigenvalue weighted by atomic mass is 32.5. The molecule has 1 aromatic heterocycles. The fourth-order valence-electron chi connectivity index (χ4n) is 2.75. The monoisotopic (exact) mass is 521 g/mol. The Morgan fingerprint density at radius 3 is 2.41 bits per heavy atom. The number of amides is 2. The lowest BCUT2D eigenvalue weighted by atomic mass is 10.1. The first-order chi connectivity index (χ1) is 15.4. The van der Waals surface area contributed by atoms with Gasteiger partial charge >= 0.3 is 16.4 Å². The third-order valence-electron chi connectivity index (χ3n) is 4.43. The Balaban J connectivity index is 1.78. The first-order valence-corrected chi connectivity index (χ1v) is 11.1. The number of alkyl halides is 3. The summed E-state index contributed by atoms with van der Waals surface area (Å²) in [5.74, 6) is -2.53. The standard InChI is InChI=1S/C17H15F8N5O3S/c18-17(19,20)12-5-11(6-13(7-12)34(21,22,23,24)25)15-26-9-30(29-15)3-1-14(31)27-28-16(32)10-2-4-33-8-10/h1,3,5-7,9-10H,2,4,8H2,(H,27,31)(H,28,32). The van der Waals surface area contributed by atoms with Crippen LogP contribution < -0.4 is 10.9 Å². The number of aromatic nitrogens is 3. The molecule has 2 N–H and O–H groups in total. The van der Waals surface area contributed by atoms with E-state index in [1.54, 1.807) is 0 Å². The van der Waals surface area contributed by atoms with Crippen molar-refractivity contribution in [2.75, 3.05) is 13.2 Å². The van der Waals surface area contributed by atoms with Crippen LogP contribution in [0.3, 0.4) is 0 Å². The zero-order valence-corrected chi connectivity index (χ0v) is 17.5. The van der Waals surface area contributed by atoms with Crippen molar-refractivity contribution in [1.29, 1.82) is 0 Å². The summed E-state index contributed by atoms with van der Waals surface area (Å²) < 4.78 is 111. The minimum atomic E-state index is -10.5. The van der Waals surface area contributed by atoms with E-state index < -0.39 is 62.0 Å². The van der Waals surface area contributed by atoms with Crippen molar-refractivity contribution >= 4 is 28.2 Å². The molecule has 2 aromatic rings. The van der Waals surface area contributed by atoms with Crippen LogP contribution in [0.4, 0.5) is 32.6 Å². The molecule has 0 spiro atoms. The third kappa shape index (κ3) is 6.43. The predicted octanol–water partition coefficient (Wildman–Crippen LogP) is 4.28. The number of hydrazine groups is 1. The third-order valence-corrected chi connectivity index (χ3v) is 5.56. The Bertz CT molecular complexity index is 1140. The normalized spacial score (nSPS) is 19.0. The first-order valence-electron chi connectivity index (χ1n) is 9.16. The Morgan fingerprint density at radius 1 is 1.12 bits per heavy atom. The fraction of sp³-hybridized carbons (Fsp3) is 0.294. The van der Waals surface area contributed by atoms with Crippen LogP contribution in [0.25, 0.3) is 17.6 Å². The van der Waals surface area contributed by atoms with Crippen LogP contribution in [0.2, 0.25) is 0 Å². The summed E-state index contributed by atoms with van der Waals surface area (Å²) in [5.41, 5.74) is 1.26. The average Bonchev–Trinajstić information content (AvgIpc) is 3.40. The minimum Gasteiger partial charge on any atom is -0.381 e. The van der Waals surface area contributed by atoms with Crippen molar-refractivity contribution in [2.45, 2.75) is 17.5 Å². The number of nitrogens with one attached hydrogen (secondary N) is 2. The molecule has 0 radical (unpaired) electrons. The summed E-state index contributed by atoms with van der Waals surface area (Å²) in [5, 5.41) is 3.57. The lowest BCUT2D eigenvalue weighted by Crippen LogP contribution is -2.44. The predicted molar refractivity (Wildman–Crippen MR) is 102 cm³/mol. The van der Waals surface area contributed by atoms with Gasteiger partial charge in [-0.2, -0.15) is 13.2 Å². The molecule has 8 nitrogen and oxygen atoms in total. The average molecular weight is 521 g/mol. The van der Waals surface area contributed by atoms with Crippen LogP contribution in [0.1, 0.15) is 12.0 Å². The van der Waals surface area contributed by atoms with Crippen LogP contribution in [0.5, 0.6) is 0 Å². The lowest BCUT2D eigenvalue weighted by Gasteiger charge is -2.40. The number of carbonyl (C=O) groups is 2. The number of hydrogen-bond donors (Lipinski definition) is 2. The minimum absolute atomic E-state index is 0.185. The summed E-state index contributed by atoms with van der Waals surface area (Å²) >= 11 is 0. The van der Waals surface area contributed by atoms with Crippen molar-refractivity contribution in [3.05, 3.63) is 36.2 Å². The molecule has 1 unspecified atom stereocenters. The van der Waals surface area contributed by atoms with Crippen molar-refractivity contribution in [2.24, 2.45) is 5.92 Å². The van der Waals surface area contributed by atoms with Crippen molar-refractivity contribution in [3.8, 4) is 11.4 Å². The first kappa shape index (κ1) is 25.4. The number of halogens is 8. The number of ether oxygens (including phenoxy) is 1. The van der Waals surface area contributed by atoms with Crippen molar-refractivity contribution in [1.82, 2.24) is 25.6 Å². The Kier molecular flexibility index (Phi) is 5.93. The van der Waals surface area contributed by atoms with E-state index in [1.165, 1.54) is 0 Å². The van der Waals surface area contributed by atoms with Gasteiger partial charge in [0.05, 0.1) is 18.1 Å². The van der Waals surface area contributed by atoms with Gasteiger partial charge in [-0.15, -0.1) is 5.10 Å². The van der Waals surface area contributed by atoms with E-state index in [9.17, 15) is 42.2 Å². The largest absolute Gasteiger partial charge is 0.416 e. The van der Waals surface area contributed by atoms with Crippen LogP contribution >= 0.6 is 10.2 Å². The van der Waals surface area contributed by atoms with Gasteiger partial charge in [0.15, 0.2) is 5.82 Å². The van der Waals surface area contributed by atoms with Crippen molar-refractivity contribution in [3.63, 3.8) is 0 Å². The molecule has 1 atom stereocenters. The zero-order chi connectivity index (χ0) is 25.4. The molecule has 2 amide bonds. The topological polar surface area (TPSA) is 98.1 Å². The Morgan fingerprint density at radius 2 is 1.82 bits per heavy atom. The SMILES string of the molecule is O=C(C=Cn1cnc(-c2cc(C(F)(F)F)cc(S(F)(F)(F)(F)F)c2)n1)NNC(=O)C1CCOC1. The number of carbonyl (C=O) groups excluding carboxylic acids is 2. The number of benzene rings is 1. The van der Waals surface area contributed by atoms with E-state index in [0.29, 0.717) is 13.0 Å². The molecule has 1 fully saturated rings. The fourth-order valence-corrected chi connectivity index (χ4v) is 3.45. The molecule has 1 aliphatic heterocycles. The lowest BCUT2D eigenvalue weighted by molar-refractivity contribution is -0.137. The zero-order valence-electron chi connectivity index (χ0n) is 16.7. The quantitative estimate of drug-likeness (QED) is 0.348. The smallest absolute Gasteiger partial charge is 0.381 e. The van der Waals surface area contributed by atoms with Gasteiger partial charge in [0, 0.05) is 24.4 Å². The molecule has 1 aromatic carbocycles. The molecule has 188 valence electrons. The van der Waals surface area contributed by atoms with Gasteiger partial charge in [0.1, 0.15) is 11.2 Å². The maximum Gasteiger partial charge on any atom is 0.416 e. The Hall–Kier alpha value is -3.21. The van der Waals surface area contributed by atoms with Crippen LogP contribution in [0, 0.1) is 5.92 Å². The van der Waals surface area contributed by atoms with Gasteiger partial charge in [-0.1, -0.05) is 19.4 Å². The van der Waals surface area contributed by atoms with Crippen LogP contribution in [-0.2, 0) is 20.5 Å². The van der Waals surface area contributed by atoms with E-state index in [-0.39, 0.29) is 18.7 Å². The molecular formula is C17H15F8N5O3S. The summed E-state index contributed by atoms with van der Waals surface area (Å²) in [6.45, 7) is 0.592. The van der Waals surface area contributed by atoms with Gasteiger partial charge in [0.25, 0.3) is 5.91 Å². The van der Waals surface area contributed by atoms with E-state index >= 15 is 0 Å². The van der Waals surface area contributed by atoms with Gasteiger partial charge in [-0.3, -0.25) is 20.4 Å². The van der Waals surface area contributed by atoms with Crippen molar-refractivity contribution < 1.29 is 46.9 Å². The van der Waals surface area contributed by atoms with Gasteiger partial charge in [-0.25, -0.2) is 9.67 Å². The van der Waals surface area contributed by atoms with E-state index in [0.717, 1.165) is 23.3 Å². The second-order valence-corrected chi connectivity index (χ2v) is 9.53. The summed E-state index contributed by atoms with van der Waals surface area (Å²) in [6, 6.07) is -0.682. The number of rotatable bonds is 5. The summed E-state index contributed by atoms with van der Waals surface area (Å²) in [6.07, 6.45) is -2.35. The molecule has 34 heavy (non-hydrogen) atoms. The molecule has 0 saturated carbocycles. The summed E-state index contributed by atoms with van der Waals surface area (Å²) in [7, 11) is -10.5. The molecular weight excluding hydrogens is 506 g/mol. The molecule has 3 rings (SSSR count). The van der Waals surface area contributed by atoms with Crippen LogP contribution in [0.15, 0.2) is 35.5 Å². The van der Waals surface area contributed by atoms with E-state index in [4.69, 9.17) is 4.74 Å². The Labute approximate surface area is 185 Å². The van der Waals surface area contributed by atoms with Gasteiger partial charge in [0.2, 0.25) is 5.91 Å². The molecule has 0 aliphatic carbocycles. The second kappa shape index (κ2) is 7.93. The van der Waals surface area contributed by atoms with Gasteiger partial charge in [-0.05, 0) is 24.6 Å². The number of hydrogen-bond acceptors (Lipinski definition) is 5. The summed E-state index contributed by atoms with van der Waals surface area (Å²) in [4.78, 5) is 24.3. The second-order valence-electron chi connectivity index (χ2n) is 7.12. The highest BCUT2D eigenvalue weighted by molar-refractivity contribution is 8.45. The molecule has 2 heterocycles. The maximum absolute atomic E-state index is 13.1. The van der Waals surface area contributed by atoms with E-state index in [1.807, 2.05) is 0 Å². The highest BCUT2D eigenvalue weighted by Crippen LogP contribution is 3.02. The molecule has 1 aliphatic rings. The molecule has 17 heteroatoms. The number of nitrogens with zero attached hydrogens (tertiary/aromatic N) is 3. The van der Waals surface area contributed by atoms with Gasteiger partial charge < -0.3 is 4.74 Å². The molecule has 0 bridgehead atoms. The maximum atomic E-state index is 13.1. The van der Waals surface area contributed by atoms with Crippen LogP contribution in [-0.4, -0.2) is 39.8 Å². The van der Waals surface area contributed by atoms with E-state index in [2.05, 4.69) is 20.9 Å².